The minimum atomic E-state index is -4.39. The van der Waals surface area contributed by atoms with Crippen molar-refractivity contribution in [3.8, 4) is 0 Å². The van der Waals surface area contributed by atoms with Crippen LogP contribution in [-0.4, -0.2) is 15.7 Å². The van der Waals surface area contributed by atoms with Crippen LogP contribution < -0.4 is 5.32 Å². The van der Waals surface area contributed by atoms with Crippen LogP contribution in [0.15, 0.2) is 30.5 Å². The summed E-state index contributed by atoms with van der Waals surface area (Å²) in [6.45, 7) is 0. The Bertz CT molecular complexity index is 843. The van der Waals surface area contributed by atoms with Crippen molar-refractivity contribution in [3.63, 3.8) is 0 Å². The summed E-state index contributed by atoms with van der Waals surface area (Å²) in [4.78, 5) is 12.6. The summed E-state index contributed by atoms with van der Waals surface area (Å²) in [5, 5.41) is 7.29. The minimum Gasteiger partial charge on any atom is -0.349 e. The van der Waals surface area contributed by atoms with Gasteiger partial charge in [0, 0.05) is 24.2 Å². The molecule has 0 unspecified atom stereocenters. The number of aromatic nitrogens is 2. The van der Waals surface area contributed by atoms with Crippen LogP contribution >= 0.6 is 0 Å². The summed E-state index contributed by atoms with van der Waals surface area (Å²) < 4.78 is 41.4. The summed E-state index contributed by atoms with van der Waals surface area (Å²) in [5.74, 6) is -0.904. The lowest BCUT2D eigenvalue weighted by Crippen LogP contribution is -2.32. The monoisotopic (exact) mass is 363 g/mol. The molecule has 7 heteroatoms. The number of hydrogen-bond acceptors (Lipinski definition) is 2. The first kappa shape index (κ1) is 17.1. The van der Waals surface area contributed by atoms with Gasteiger partial charge in [-0.1, -0.05) is 18.2 Å². The quantitative estimate of drug-likeness (QED) is 0.903. The summed E-state index contributed by atoms with van der Waals surface area (Å²) >= 11 is 0. The molecule has 2 aromatic rings. The second-order valence-corrected chi connectivity index (χ2v) is 7.16. The Morgan fingerprint density at radius 1 is 1.27 bits per heavy atom. The van der Waals surface area contributed by atoms with Crippen molar-refractivity contribution >= 4 is 5.91 Å². The first-order valence-corrected chi connectivity index (χ1v) is 8.83. The molecule has 138 valence electrons. The molecular formula is C19H20F3N3O. The molecule has 0 spiro atoms. The molecule has 0 bridgehead atoms. The number of aryl methyl sites for hydroxylation is 1. The molecule has 1 aromatic carbocycles. The molecule has 3 atom stereocenters. The van der Waals surface area contributed by atoms with Crippen LogP contribution in [0.3, 0.4) is 0 Å². The predicted molar refractivity (Wildman–Crippen MR) is 89.3 cm³/mol. The normalized spacial score (nSPS) is 24.8. The number of amides is 1. The van der Waals surface area contributed by atoms with Gasteiger partial charge in [0.25, 0.3) is 0 Å². The van der Waals surface area contributed by atoms with Gasteiger partial charge in [0.05, 0.1) is 17.8 Å². The Hall–Kier alpha value is -2.31. The Morgan fingerprint density at radius 2 is 2.04 bits per heavy atom. The number of fused-ring (bicyclic) bond motifs is 1. The molecule has 26 heavy (non-hydrogen) atoms. The van der Waals surface area contributed by atoms with Gasteiger partial charge >= 0.3 is 6.18 Å². The van der Waals surface area contributed by atoms with E-state index in [4.69, 9.17) is 0 Å². The first-order valence-electron chi connectivity index (χ1n) is 8.83. The van der Waals surface area contributed by atoms with E-state index in [1.165, 1.54) is 12.1 Å². The summed E-state index contributed by atoms with van der Waals surface area (Å²) in [6.07, 6.45) is 0.579. The van der Waals surface area contributed by atoms with Crippen LogP contribution in [-0.2, 0) is 24.4 Å². The van der Waals surface area contributed by atoms with E-state index in [2.05, 4.69) is 10.4 Å². The smallest absolute Gasteiger partial charge is 0.349 e. The van der Waals surface area contributed by atoms with Crippen LogP contribution in [0.5, 0.6) is 0 Å². The minimum absolute atomic E-state index is 0.0981. The lowest BCUT2D eigenvalue weighted by atomic mass is 9.92. The SMILES string of the molecule is Cn1ncc2c1CCC[C@@H]2NC(=O)[C@@H]1C[C@H]1c1ccccc1C(F)(F)F. The number of carbonyl (C=O) groups excluding carboxylic acids is 1. The number of nitrogens with one attached hydrogen (secondary N) is 1. The maximum Gasteiger partial charge on any atom is 0.416 e. The zero-order valence-corrected chi connectivity index (χ0v) is 14.4. The largest absolute Gasteiger partial charge is 0.416 e. The Labute approximate surface area is 149 Å². The lowest BCUT2D eigenvalue weighted by molar-refractivity contribution is -0.138. The maximum absolute atomic E-state index is 13.2. The molecule has 0 radical (unpaired) electrons. The van der Waals surface area contributed by atoms with Crippen molar-refractivity contribution in [1.82, 2.24) is 15.1 Å². The van der Waals surface area contributed by atoms with E-state index in [1.807, 2.05) is 11.7 Å². The summed E-state index contributed by atoms with van der Waals surface area (Å²) in [6, 6.07) is 5.46. The van der Waals surface area contributed by atoms with Gasteiger partial charge in [0.15, 0.2) is 0 Å². The van der Waals surface area contributed by atoms with Gasteiger partial charge in [-0.2, -0.15) is 18.3 Å². The fourth-order valence-electron chi connectivity index (χ4n) is 4.04. The van der Waals surface area contributed by atoms with Gasteiger partial charge < -0.3 is 5.32 Å². The maximum atomic E-state index is 13.2. The van der Waals surface area contributed by atoms with E-state index in [1.54, 1.807) is 12.3 Å². The van der Waals surface area contributed by atoms with Crippen molar-refractivity contribution in [1.29, 1.82) is 0 Å². The lowest BCUT2D eigenvalue weighted by Gasteiger charge is -2.24. The second kappa shape index (κ2) is 6.14. The van der Waals surface area contributed by atoms with Crippen LogP contribution in [0.25, 0.3) is 0 Å². The standard InChI is InChI=1S/C19H20F3N3O/c1-25-17-8-4-7-16(14(17)10-23-25)24-18(26)13-9-12(13)11-5-2-3-6-15(11)19(20,21)22/h2-3,5-6,10,12-13,16H,4,7-9H2,1H3,(H,24,26)/t12-,13+,16-/m0/s1. The Kier molecular flexibility index (Phi) is 4.04. The highest BCUT2D eigenvalue weighted by atomic mass is 19.4. The number of halogens is 3. The zero-order chi connectivity index (χ0) is 18.5. The number of carbonyl (C=O) groups is 1. The Balaban J connectivity index is 1.48. The summed E-state index contributed by atoms with van der Waals surface area (Å²) in [7, 11) is 1.88. The van der Waals surface area contributed by atoms with Crippen LogP contribution in [0.4, 0.5) is 13.2 Å². The van der Waals surface area contributed by atoms with Gasteiger partial charge in [0.2, 0.25) is 5.91 Å². The molecule has 1 amide bonds. The number of hydrogen-bond donors (Lipinski definition) is 1. The first-order chi connectivity index (χ1) is 12.4. The third kappa shape index (κ3) is 2.99. The molecule has 4 nitrogen and oxygen atoms in total. The third-order valence-electron chi connectivity index (χ3n) is 5.49. The molecule has 4 rings (SSSR count). The number of alkyl halides is 3. The van der Waals surface area contributed by atoms with Crippen molar-refractivity contribution in [2.24, 2.45) is 13.0 Å². The van der Waals surface area contributed by atoms with Gasteiger partial charge in [-0.15, -0.1) is 0 Å². The molecule has 1 aromatic heterocycles. The van der Waals surface area contributed by atoms with E-state index in [0.29, 0.717) is 6.42 Å². The zero-order valence-electron chi connectivity index (χ0n) is 14.4. The van der Waals surface area contributed by atoms with Gasteiger partial charge in [0.1, 0.15) is 0 Å². The molecule has 1 N–H and O–H groups in total. The third-order valence-corrected chi connectivity index (χ3v) is 5.49. The fourth-order valence-corrected chi connectivity index (χ4v) is 4.04. The van der Waals surface area contributed by atoms with E-state index in [9.17, 15) is 18.0 Å². The average Bonchev–Trinajstić information content (AvgIpc) is 3.32. The number of benzene rings is 1. The van der Waals surface area contributed by atoms with Gasteiger partial charge in [-0.3, -0.25) is 9.48 Å². The highest BCUT2D eigenvalue weighted by Crippen LogP contribution is 2.51. The van der Waals surface area contributed by atoms with E-state index in [0.717, 1.165) is 36.6 Å². The van der Waals surface area contributed by atoms with Crippen LogP contribution in [0.1, 0.15) is 53.6 Å². The molecule has 1 heterocycles. The highest BCUT2D eigenvalue weighted by molar-refractivity contribution is 5.83. The fraction of sp³-hybridized carbons (Fsp3) is 0.474. The van der Waals surface area contributed by atoms with Gasteiger partial charge in [-0.25, -0.2) is 0 Å². The summed E-state index contributed by atoms with van der Waals surface area (Å²) in [5.41, 5.74) is 1.75. The van der Waals surface area contributed by atoms with E-state index >= 15 is 0 Å². The molecule has 1 fully saturated rings. The molecular weight excluding hydrogens is 343 g/mol. The second-order valence-electron chi connectivity index (χ2n) is 7.16. The predicted octanol–water partition coefficient (Wildman–Crippen LogP) is 3.74. The molecule has 0 saturated heterocycles. The average molecular weight is 363 g/mol. The molecule has 0 aliphatic heterocycles. The number of rotatable bonds is 3. The number of nitrogens with zero attached hydrogens (tertiary/aromatic N) is 2. The Morgan fingerprint density at radius 3 is 2.81 bits per heavy atom. The van der Waals surface area contributed by atoms with Gasteiger partial charge in [-0.05, 0) is 43.2 Å². The molecule has 2 aliphatic carbocycles. The van der Waals surface area contributed by atoms with E-state index < -0.39 is 11.7 Å². The van der Waals surface area contributed by atoms with E-state index in [-0.39, 0.29) is 29.3 Å². The molecule has 2 aliphatic rings. The van der Waals surface area contributed by atoms with Crippen molar-refractivity contribution < 1.29 is 18.0 Å². The van der Waals surface area contributed by atoms with Crippen LogP contribution in [0.2, 0.25) is 0 Å². The topological polar surface area (TPSA) is 46.9 Å². The highest BCUT2D eigenvalue weighted by Gasteiger charge is 2.48. The van der Waals surface area contributed by atoms with Crippen molar-refractivity contribution in [3.05, 3.63) is 52.8 Å². The van der Waals surface area contributed by atoms with Crippen molar-refractivity contribution in [2.75, 3.05) is 0 Å². The van der Waals surface area contributed by atoms with Crippen LogP contribution in [0, 0.1) is 5.92 Å². The van der Waals surface area contributed by atoms with Crippen molar-refractivity contribution in [2.45, 2.75) is 43.8 Å². The molecule has 1 saturated carbocycles.